The summed E-state index contributed by atoms with van der Waals surface area (Å²) in [5, 5.41) is 14.3. The van der Waals surface area contributed by atoms with Gasteiger partial charge in [-0.2, -0.15) is 10.1 Å². The highest BCUT2D eigenvalue weighted by Gasteiger charge is 2.41. The highest BCUT2D eigenvalue weighted by molar-refractivity contribution is 7.71. The number of nitrogens with one attached hydrogen (secondary N) is 2. The Bertz CT molecular complexity index is 1040. The van der Waals surface area contributed by atoms with Crippen LogP contribution in [0.15, 0.2) is 28.8 Å². The molecule has 2 aromatic heterocycles. The molecule has 0 saturated heterocycles. The van der Waals surface area contributed by atoms with E-state index in [1.807, 2.05) is 31.2 Å². The Morgan fingerprint density at radius 3 is 2.64 bits per heavy atom. The second-order valence-corrected chi connectivity index (χ2v) is 7.67. The van der Waals surface area contributed by atoms with Gasteiger partial charge in [0.25, 0.3) is 0 Å². The van der Waals surface area contributed by atoms with E-state index in [0.717, 1.165) is 36.8 Å². The first kappa shape index (κ1) is 18.5. The molecule has 0 atom stereocenters. The van der Waals surface area contributed by atoms with Crippen molar-refractivity contribution in [1.29, 1.82) is 0 Å². The maximum absolute atomic E-state index is 12.9. The number of nitrogens with zero attached hydrogens (tertiary/aromatic N) is 4. The third kappa shape index (κ3) is 3.49. The van der Waals surface area contributed by atoms with Gasteiger partial charge in [-0.25, -0.2) is 0 Å². The van der Waals surface area contributed by atoms with Gasteiger partial charge in [-0.05, 0) is 32.0 Å². The molecule has 2 heterocycles. The van der Waals surface area contributed by atoms with Gasteiger partial charge in [0, 0.05) is 12.5 Å². The molecule has 0 bridgehead atoms. The van der Waals surface area contributed by atoms with Crippen LogP contribution in [0.3, 0.4) is 0 Å². The van der Waals surface area contributed by atoms with Crippen molar-refractivity contribution in [2.24, 2.45) is 0 Å². The second-order valence-electron chi connectivity index (χ2n) is 7.28. The highest BCUT2D eigenvalue weighted by atomic mass is 32.1. The van der Waals surface area contributed by atoms with E-state index in [9.17, 15) is 4.79 Å². The molecule has 8 nitrogen and oxygen atoms in total. The van der Waals surface area contributed by atoms with Crippen LogP contribution in [0, 0.1) is 18.6 Å². The summed E-state index contributed by atoms with van der Waals surface area (Å²) in [6.45, 7) is 3.84. The van der Waals surface area contributed by atoms with Gasteiger partial charge in [0.1, 0.15) is 12.1 Å². The molecule has 4 rings (SSSR count). The summed E-state index contributed by atoms with van der Waals surface area (Å²) in [6, 6.07) is 7.94. The number of carbonyl (C=O) groups excluding carboxylic acids is 1. The van der Waals surface area contributed by atoms with E-state index in [2.05, 4.69) is 25.7 Å². The molecule has 0 radical (unpaired) electrons. The predicted octanol–water partition coefficient (Wildman–Crippen LogP) is 3.19. The molecule has 1 aromatic carbocycles. The van der Waals surface area contributed by atoms with Crippen molar-refractivity contribution in [2.75, 3.05) is 0 Å². The largest absolute Gasteiger partial charge is 0.342 e. The molecule has 1 saturated carbocycles. The minimum absolute atomic E-state index is 0.0666. The number of carbonyl (C=O) groups is 1. The first-order valence-corrected chi connectivity index (χ1v) is 9.72. The third-order valence-corrected chi connectivity index (χ3v) is 5.47. The normalized spacial score (nSPS) is 15.6. The Morgan fingerprint density at radius 2 is 2.00 bits per heavy atom. The predicted molar refractivity (Wildman–Crippen MR) is 105 cm³/mol. The smallest absolute Gasteiger partial charge is 0.240 e. The zero-order chi connectivity index (χ0) is 19.7. The molecular formula is C19H22N6O2S. The Labute approximate surface area is 167 Å². The number of rotatable bonds is 5. The number of aromatic nitrogens is 5. The molecule has 1 amide bonds. The van der Waals surface area contributed by atoms with E-state index in [-0.39, 0.29) is 12.5 Å². The minimum atomic E-state index is -0.579. The fourth-order valence-corrected chi connectivity index (χ4v) is 3.91. The topological polar surface area (TPSA) is 102 Å². The van der Waals surface area contributed by atoms with E-state index in [0.29, 0.717) is 22.3 Å². The number of aromatic amines is 1. The van der Waals surface area contributed by atoms with Crippen LogP contribution in [0.1, 0.15) is 43.0 Å². The lowest BCUT2D eigenvalue weighted by Gasteiger charge is -2.26. The monoisotopic (exact) mass is 398 g/mol. The van der Waals surface area contributed by atoms with Gasteiger partial charge < -0.3 is 9.84 Å². The molecule has 2 N–H and O–H groups in total. The van der Waals surface area contributed by atoms with Gasteiger partial charge in [-0.3, -0.25) is 14.5 Å². The number of aryl methyl sites for hydroxylation is 2. The molecule has 0 unspecified atom stereocenters. The minimum Gasteiger partial charge on any atom is -0.342 e. The second kappa shape index (κ2) is 7.31. The van der Waals surface area contributed by atoms with E-state index < -0.39 is 5.54 Å². The zero-order valence-corrected chi connectivity index (χ0v) is 16.7. The lowest BCUT2D eigenvalue weighted by molar-refractivity contribution is -0.123. The van der Waals surface area contributed by atoms with Crippen molar-refractivity contribution in [3.63, 3.8) is 0 Å². The Kier molecular flexibility index (Phi) is 4.84. The molecule has 9 heteroatoms. The van der Waals surface area contributed by atoms with Gasteiger partial charge in [0.05, 0.1) is 0 Å². The van der Waals surface area contributed by atoms with Gasteiger partial charge in [0.2, 0.25) is 11.8 Å². The van der Waals surface area contributed by atoms with E-state index in [4.69, 9.17) is 16.7 Å². The summed E-state index contributed by atoms with van der Waals surface area (Å²) in [5.74, 6) is 1.52. The summed E-state index contributed by atoms with van der Waals surface area (Å²) >= 11 is 5.35. The van der Waals surface area contributed by atoms with Crippen molar-refractivity contribution in [1.82, 2.24) is 30.2 Å². The summed E-state index contributed by atoms with van der Waals surface area (Å²) in [6.07, 6.45) is 3.60. The molecule has 146 valence electrons. The van der Waals surface area contributed by atoms with Crippen molar-refractivity contribution < 1.29 is 9.32 Å². The first-order valence-electron chi connectivity index (χ1n) is 9.31. The lowest BCUT2D eigenvalue weighted by Crippen LogP contribution is -2.46. The number of hydrogen-bond acceptors (Lipinski definition) is 6. The van der Waals surface area contributed by atoms with Gasteiger partial charge in [0.15, 0.2) is 16.4 Å². The maximum atomic E-state index is 12.9. The van der Waals surface area contributed by atoms with E-state index in [1.165, 1.54) is 0 Å². The van der Waals surface area contributed by atoms with Gasteiger partial charge in [-0.1, -0.05) is 47.8 Å². The van der Waals surface area contributed by atoms with Crippen LogP contribution in [0.2, 0.25) is 0 Å². The molecule has 1 aliphatic carbocycles. The fourth-order valence-electron chi connectivity index (χ4n) is 3.71. The van der Waals surface area contributed by atoms with Crippen molar-refractivity contribution in [3.8, 4) is 11.4 Å². The zero-order valence-electron chi connectivity index (χ0n) is 15.9. The Morgan fingerprint density at radius 1 is 1.29 bits per heavy atom. The highest BCUT2D eigenvalue weighted by Crippen LogP contribution is 2.37. The summed E-state index contributed by atoms with van der Waals surface area (Å²) in [7, 11) is 0. The van der Waals surface area contributed by atoms with Crippen molar-refractivity contribution >= 4 is 18.1 Å². The van der Waals surface area contributed by atoms with Crippen LogP contribution in [-0.2, 0) is 16.9 Å². The quantitative estimate of drug-likeness (QED) is 0.640. The lowest BCUT2D eigenvalue weighted by atomic mass is 9.96. The average molecular weight is 398 g/mol. The fraction of sp³-hybridized carbons (Fsp3) is 0.421. The molecule has 1 aliphatic rings. The van der Waals surface area contributed by atoms with Crippen molar-refractivity contribution in [3.05, 3.63) is 46.3 Å². The summed E-state index contributed by atoms with van der Waals surface area (Å²) in [4.78, 5) is 17.3. The summed E-state index contributed by atoms with van der Waals surface area (Å²) in [5.41, 5.74) is 1.47. The van der Waals surface area contributed by atoms with Crippen LogP contribution >= 0.6 is 12.2 Å². The standard InChI is InChI=1S/C19H22N6O2S/c1-12-5-7-14(8-6-12)16-22-23-18(28)25(16)11-15(26)21-19(9-3-4-10-19)17-20-13(2)27-24-17/h5-8H,3-4,9-11H2,1-2H3,(H,21,26)(H,23,28). The molecular weight excluding hydrogens is 376 g/mol. The van der Waals surface area contributed by atoms with Gasteiger partial charge in [-0.15, -0.1) is 0 Å². The Balaban J connectivity index is 1.58. The third-order valence-electron chi connectivity index (χ3n) is 5.16. The van der Waals surface area contributed by atoms with Crippen LogP contribution in [0.25, 0.3) is 11.4 Å². The van der Waals surface area contributed by atoms with E-state index in [1.54, 1.807) is 11.5 Å². The molecule has 1 fully saturated rings. The van der Waals surface area contributed by atoms with Crippen LogP contribution in [0.5, 0.6) is 0 Å². The molecule has 28 heavy (non-hydrogen) atoms. The van der Waals surface area contributed by atoms with Crippen LogP contribution in [-0.4, -0.2) is 30.8 Å². The number of benzene rings is 1. The van der Waals surface area contributed by atoms with Crippen LogP contribution < -0.4 is 5.32 Å². The first-order chi connectivity index (χ1) is 13.5. The molecule has 0 aliphatic heterocycles. The Hall–Kier alpha value is -2.81. The van der Waals surface area contributed by atoms with E-state index >= 15 is 0 Å². The average Bonchev–Trinajstić information content (AvgIpc) is 3.39. The summed E-state index contributed by atoms with van der Waals surface area (Å²) < 4.78 is 7.26. The van der Waals surface area contributed by atoms with Gasteiger partial charge >= 0.3 is 0 Å². The number of hydrogen-bond donors (Lipinski definition) is 2. The molecule has 3 aromatic rings. The number of H-pyrrole nitrogens is 1. The molecule has 0 spiro atoms. The van der Waals surface area contributed by atoms with Crippen molar-refractivity contribution in [2.45, 2.75) is 51.6 Å². The number of amides is 1. The van der Waals surface area contributed by atoms with Crippen LogP contribution in [0.4, 0.5) is 0 Å². The maximum Gasteiger partial charge on any atom is 0.240 e. The SMILES string of the molecule is Cc1ccc(-c2n[nH]c(=S)n2CC(=O)NC2(c3noc(C)n3)CCCC2)cc1.